The molecule has 2 saturated heterocycles. The second kappa shape index (κ2) is 25.7. The van der Waals surface area contributed by atoms with Crippen LogP contribution in [0.2, 0.25) is 0 Å². The molecule has 0 spiro atoms. The number of rotatable bonds is 25. The van der Waals surface area contributed by atoms with Crippen molar-refractivity contribution in [2.45, 2.75) is 151 Å². The van der Waals surface area contributed by atoms with Crippen molar-refractivity contribution >= 4 is 11.9 Å². The Kier molecular flexibility index (Phi) is 22.6. The Morgan fingerprint density at radius 3 is 1.96 bits per heavy atom. The molecule has 7 N–H and O–H groups in total. The average Bonchev–Trinajstić information content (AvgIpc) is 3.12. The molecular formula is C36H60O15. The molecule has 0 amide bonds. The Morgan fingerprint density at radius 1 is 0.686 bits per heavy atom. The zero-order valence-corrected chi connectivity index (χ0v) is 29.7. The molecule has 294 valence electrons. The lowest BCUT2D eigenvalue weighted by Crippen LogP contribution is -2.61. The van der Waals surface area contributed by atoms with Gasteiger partial charge in [0, 0.05) is 12.8 Å². The molecule has 0 radical (unpaired) electrons. The molecular weight excluding hydrogens is 672 g/mol. The van der Waals surface area contributed by atoms with Gasteiger partial charge < -0.3 is 64.2 Å². The van der Waals surface area contributed by atoms with Crippen LogP contribution in [0.25, 0.3) is 0 Å². The molecule has 51 heavy (non-hydrogen) atoms. The van der Waals surface area contributed by atoms with E-state index in [1.807, 2.05) is 13.0 Å². The first-order valence-corrected chi connectivity index (χ1v) is 18.0. The summed E-state index contributed by atoms with van der Waals surface area (Å²) in [6.45, 7) is 3.69. The van der Waals surface area contributed by atoms with Gasteiger partial charge in [-0.05, 0) is 38.5 Å². The fraction of sp³-hybridized carbons (Fsp3) is 0.778. The summed E-state index contributed by atoms with van der Waals surface area (Å²) in [6, 6.07) is 0. The Balaban J connectivity index is 1.86. The molecule has 2 fully saturated rings. The van der Waals surface area contributed by atoms with E-state index in [9.17, 15) is 45.3 Å². The molecule has 0 unspecified atom stereocenters. The quantitative estimate of drug-likeness (QED) is 0.0396. The van der Waals surface area contributed by atoms with Crippen LogP contribution in [-0.2, 0) is 38.0 Å². The fourth-order valence-electron chi connectivity index (χ4n) is 5.37. The predicted octanol–water partition coefficient (Wildman–Crippen LogP) is 1.08. The van der Waals surface area contributed by atoms with Crippen molar-refractivity contribution in [2.24, 2.45) is 0 Å². The second-order valence-corrected chi connectivity index (χ2v) is 12.8. The van der Waals surface area contributed by atoms with E-state index in [1.54, 1.807) is 0 Å². The summed E-state index contributed by atoms with van der Waals surface area (Å²) in [5, 5.41) is 71.1. The van der Waals surface area contributed by atoms with Gasteiger partial charge in [-0.2, -0.15) is 0 Å². The molecule has 0 aromatic rings. The van der Waals surface area contributed by atoms with E-state index in [1.165, 1.54) is 0 Å². The summed E-state index contributed by atoms with van der Waals surface area (Å²) in [4.78, 5) is 24.9. The maximum atomic E-state index is 12.7. The van der Waals surface area contributed by atoms with E-state index >= 15 is 0 Å². The van der Waals surface area contributed by atoms with Gasteiger partial charge in [-0.3, -0.25) is 9.59 Å². The summed E-state index contributed by atoms with van der Waals surface area (Å²) in [5.41, 5.74) is 0. The van der Waals surface area contributed by atoms with Gasteiger partial charge in [0.1, 0.15) is 55.4 Å². The molecule has 2 heterocycles. The SMILES string of the molecule is C=CC/C=C/C/C=C\CCCCCCCC(=O)O[C@H](COC(=O)CCCC)CO[C@@H]1O[C@H](CO[C@H]2O[C@H](CO)[C@H](O)[C@H](O)[C@H]2O)[C@H](O)[C@H](O)[C@H]1O. The molecule has 15 heteroatoms. The van der Waals surface area contributed by atoms with Crippen LogP contribution in [0.15, 0.2) is 37.0 Å². The van der Waals surface area contributed by atoms with Crippen LogP contribution >= 0.6 is 0 Å². The van der Waals surface area contributed by atoms with Crippen LogP contribution in [0.3, 0.4) is 0 Å². The van der Waals surface area contributed by atoms with Crippen LogP contribution in [0, 0.1) is 0 Å². The normalized spacial score (nSPS) is 30.4. The minimum atomic E-state index is -1.76. The number of hydrogen-bond acceptors (Lipinski definition) is 15. The lowest BCUT2D eigenvalue weighted by Gasteiger charge is -2.42. The molecule has 15 nitrogen and oxygen atoms in total. The summed E-state index contributed by atoms with van der Waals surface area (Å²) in [5.74, 6) is -0.998. The van der Waals surface area contributed by atoms with E-state index in [2.05, 4.69) is 30.9 Å². The van der Waals surface area contributed by atoms with Gasteiger partial charge in [-0.15, -0.1) is 6.58 Å². The van der Waals surface area contributed by atoms with Gasteiger partial charge >= 0.3 is 11.9 Å². The number of hydrogen-bond donors (Lipinski definition) is 7. The van der Waals surface area contributed by atoms with Crippen LogP contribution in [0.1, 0.15) is 84.0 Å². The van der Waals surface area contributed by atoms with Gasteiger partial charge in [-0.1, -0.05) is 63.0 Å². The topological polar surface area (TPSA) is 231 Å². The maximum Gasteiger partial charge on any atom is 0.306 e. The fourth-order valence-corrected chi connectivity index (χ4v) is 5.37. The van der Waals surface area contributed by atoms with E-state index in [-0.39, 0.29) is 19.4 Å². The van der Waals surface area contributed by atoms with Crippen LogP contribution in [0.5, 0.6) is 0 Å². The molecule has 2 aliphatic rings. The van der Waals surface area contributed by atoms with E-state index in [0.717, 1.165) is 51.4 Å². The molecule has 0 aliphatic carbocycles. The Morgan fingerprint density at radius 2 is 1.27 bits per heavy atom. The summed E-state index contributed by atoms with van der Waals surface area (Å²) in [7, 11) is 0. The highest BCUT2D eigenvalue weighted by atomic mass is 16.7. The first-order valence-electron chi connectivity index (χ1n) is 18.0. The van der Waals surface area contributed by atoms with Gasteiger partial charge in [0.05, 0.1) is 19.8 Å². The van der Waals surface area contributed by atoms with Crippen molar-refractivity contribution in [2.75, 3.05) is 26.4 Å². The van der Waals surface area contributed by atoms with Gasteiger partial charge in [-0.25, -0.2) is 0 Å². The number of carbonyl (C=O) groups excluding carboxylic acids is 2. The van der Waals surface area contributed by atoms with Gasteiger partial charge in [0.2, 0.25) is 0 Å². The first kappa shape index (κ1) is 44.9. The highest BCUT2D eigenvalue weighted by Gasteiger charge is 2.47. The molecule has 11 atom stereocenters. The smallest absolute Gasteiger partial charge is 0.306 e. The van der Waals surface area contributed by atoms with Crippen molar-refractivity contribution in [3.63, 3.8) is 0 Å². The maximum absolute atomic E-state index is 12.7. The standard InChI is InChI=1S/C36H60O15/c1-3-5-7-8-9-10-11-12-13-14-15-16-17-19-28(39)49-24(21-46-27(38)18-6-4-2)22-47-35-34(45)32(43)30(41)26(51-35)23-48-36-33(44)31(42)29(40)25(20-37)50-36/h3,7-8,10-11,24-26,29-37,40-45H,1,4-6,9,12-23H2,2H3/b8-7+,11-10-/t24-,25-,26-,29+,30+,31+,32+,33-,34-,35-,36+/m1/s1. The lowest BCUT2D eigenvalue weighted by molar-refractivity contribution is -0.332. The third-order valence-corrected chi connectivity index (χ3v) is 8.51. The molecule has 0 aromatic heterocycles. The average molecular weight is 733 g/mol. The summed E-state index contributed by atoms with van der Waals surface area (Å²) < 4.78 is 32.9. The number of aliphatic hydroxyl groups is 7. The zero-order valence-electron chi connectivity index (χ0n) is 29.7. The molecule has 0 saturated carbocycles. The van der Waals surface area contributed by atoms with Crippen molar-refractivity contribution in [1.82, 2.24) is 0 Å². The monoisotopic (exact) mass is 732 g/mol. The minimum Gasteiger partial charge on any atom is -0.462 e. The third-order valence-electron chi connectivity index (χ3n) is 8.51. The van der Waals surface area contributed by atoms with Gasteiger partial charge in [0.25, 0.3) is 0 Å². The number of ether oxygens (including phenoxy) is 6. The Labute approximate surface area is 300 Å². The second-order valence-electron chi connectivity index (χ2n) is 12.8. The molecule has 0 aromatic carbocycles. The van der Waals surface area contributed by atoms with E-state index < -0.39 is 99.3 Å². The van der Waals surface area contributed by atoms with Gasteiger partial charge in [0.15, 0.2) is 18.7 Å². The van der Waals surface area contributed by atoms with Crippen molar-refractivity contribution in [3.8, 4) is 0 Å². The number of allylic oxidation sites excluding steroid dienone is 5. The first-order chi connectivity index (χ1) is 24.5. The number of carbonyl (C=O) groups is 2. The summed E-state index contributed by atoms with van der Waals surface area (Å²) >= 11 is 0. The Bertz CT molecular complexity index is 1040. The van der Waals surface area contributed by atoms with Crippen LogP contribution in [-0.4, -0.2) is 142 Å². The number of esters is 2. The Hall–Kier alpha value is -2.28. The molecule has 2 aliphatic heterocycles. The van der Waals surface area contributed by atoms with Crippen LogP contribution in [0.4, 0.5) is 0 Å². The van der Waals surface area contributed by atoms with Crippen molar-refractivity contribution < 1.29 is 73.8 Å². The summed E-state index contributed by atoms with van der Waals surface area (Å²) in [6.07, 6.45) is 2.47. The zero-order chi connectivity index (χ0) is 37.6. The van der Waals surface area contributed by atoms with Crippen molar-refractivity contribution in [1.29, 1.82) is 0 Å². The predicted molar refractivity (Wildman–Crippen MR) is 183 cm³/mol. The largest absolute Gasteiger partial charge is 0.462 e. The lowest BCUT2D eigenvalue weighted by atomic mass is 9.98. The molecule has 0 bridgehead atoms. The van der Waals surface area contributed by atoms with Crippen LogP contribution < -0.4 is 0 Å². The van der Waals surface area contributed by atoms with E-state index in [0.29, 0.717) is 12.8 Å². The number of aliphatic hydroxyl groups excluding tert-OH is 7. The van der Waals surface area contributed by atoms with E-state index in [4.69, 9.17) is 28.4 Å². The highest BCUT2D eigenvalue weighted by molar-refractivity contribution is 5.70. The third kappa shape index (κ3) is 16.5. The molecule has 2 rings (SSSR count). The highest BCUT2D eigenvalue weighted by Crippen LogP contribution is 2.26. The van der Waals surface area contributed by atoms with Crippen molar-refractivity contribution in [3.05, 3.63) is 37.0 Å². The number of unbranched alkanes of at least 4 members (excludes halogenated alkanes) is 6. The minimum absolute atomic E-state index is 0.141.